The lowest BCUT2D eigenvalue weighted by Gasteiger charge is -2.01. The van der Waals surface area contributed by atoms with Gasteiger partial charge in [-0.3, -0.25) is 0 Å². The van der Waals surface area contributed by atoms with E-state index in [0.717, 1.165) is 13.1 Å². The van der Waals surface area contributed by atoms with Crippen LogP contribution in [-0.2, 0) is 13.0 Å². The Morgan fingerprint density at radius 2 is 1.73 bits per heavy atom. The van der Waals surface area contributed by atoms with Crippen LogP contribution >= 0.6 is 22.7 Å². The molecule has 15 heavy (non-hydrogen) atoms. The van der Waals surface area contributed by atoms with Gasteiger partial charge in [0.2, 0.25) is 0 Å². The molecule has 0 aliphatic carbocycles. The fourth-order valence-electron chi connectivity index (χ4n) is 1.47. The summed E-state index contributed by atoms with van der Waals surface area (Å²) in [6.45, 7) is 2.12. The van der Waals surface area contributed by atoms with Crippen LogP contribution in [0.4, 0.5) is 0 Å². The molecule has 0 aliphatic heterocycles. The molecule has 0 bridgehead atoms. The molecule has 0 spiro atoms. The number of thiophene rings is 2. The highest BCUT2D eigenvalue weighted by Gasteiger charge is 1.95. The maximum absolute atomic E-state index is 3.47. The van der Waals surface area contributed by atoms with Crippen molar-refractivity contribution in [3.05, 3.63) is 44.8 Å². The number of hydrogen-bond donors (Lipinski definition) is 1. The van der Waals surface area contributed by atoms with Crippen LogP contribution in [0.25, 0.3) is 0 Å². The van der Waals surface area contributed by atoms with Gasteiger partial charge in [0, 0.05) is 16.3 Å². The predicted molar refractivity (Wildman–Crippen MR) is 68.7 cm³/mol. The topological polar surface area (TPSA) is 12.0 Å². The first-order valence-corrected chi connectivity index (χ1v) is 6.96. The van der Waals surface area contributed by atoms with Crippen molar-refractivity contribution in [3.8, 4) is 0 Å². The van der Waals surface area contributed by atoms with Crippen molar-refractivity contribution in [1.82, 2.24) is 5.32 Å². The summed E-state index contributed by atoms with van der Waals surface area (Å²) < 4.78 is 0. The fraction of sp³-hybridized carbons (Fsp3) is 0.333. The third-order valence-corrected chi connectivity index (χ3v) is 4.05. The van der Waals surface area contributed by atoms with E-state index in [1.54, 1.807) is 0 Å². The van der Waals surface area contributed by atoms with Crippen molar-refractivity contribution in [1.29, 1.82) is 0 Å². The molecule has 2 heterocycles. The van der Waals surface area contributed by atoms with E-state index in [0.29, 0.717) is 0 Å². The molecule has 0 amide bonds. The Morgan fingerprint density at radius 3 is 2.40 bits per heavy atom. The van der Waals surface area contributed by atoms with Crippen LogP contribution in [0.1, 0.15) is 16.2 Å². The molecule has 2 aromatic rings. The third-order valence-electron chi connectivity index (χ3n) is 2.24. The van der Waals surface area contributed by atoms with Crippen LogP contribution < -0.4 is 5.32 Å². The smallest absolute Gasteiger partial charge is 0.0299 e. The second kappa shape index (κ2) is 6.05. The number of hydrogen-bond acceptors (Lipinski definition) is 3. The molecule has 0 unspecified atom stereocenters. The second-order valence-corrected chi connectivity index (χ2v) is 5.50. The Kier molecular flexibility index (Phi) is 4.39. The lowest BCUT2D eigenvalue weighted by Crippen LogP contribution is -2.14. The van der Waals surface area contributed by atoms with Crippen LogP contribution in [0, 0.1) is 0 Å². The van der Waals surface area contributed by atoms with Crippen molar-refractivity contribution < 1.29 is 0 Å². The lowest BCUT2D eigenvalue weighted by atomic mass is 10.2. The maximum atomic E-state index is 3.47. The van der Waals surface area contributed by atoms with Crippen LogP contribution in [0.2, 0.25) is 0 Å². The number of aryl methyl sites for hydroxylation is 1. The van der Waals surface area contributed by atoms with Gasteiger partial charge in [-0.15, -0.1) is 22.7 Å². The minimum atomic E-state index is 1.02. The monoisotopic (exact) mass is 237 g/mol. The number of nitrogens with one attached hydrogen (secondary N) is 1. The van der Waals surface area contributed by atoms with Crippen LogP contribution in [0.3, 0.4) is 0 Å². The number of rotatable bonds is 6. The van der Waals surface area contributed by atoms with E-state index in [-0.39, 0.29) is 0 Å². The first kappa shape index (κ1) is 10.9. The van der Waals surface area contributed by atoms with E-state index >= 15 is 0 Å². The van der Waals surface area contributed by atoms with Gasteiger partial charge < -0.3 is 5.32 Å². The summed E-state index contributed by atoms with van der Waals surface area (Å²) in [5.74, 6) is 0. The molecule has 2 rings (SSSR count). The van der Waals surface area contributed by atoms with E-state index in [9.17, 15) is 0 Å². The summed E-state index contributed by atoms with van der Waals surface area (Å²) in [5, 5.41) is 7.74. The summed E-state index contributed by atoms with van der Waals surface area (Å²) in [6, 6.07) is 8.62. The molecule has 0 fully saturated rings. The Morgan fingerprint density at radius 1 is 1.00 bits per heavy atom. The van der Waals surface area contributed by atoms with E-state index in [1.807, 2.05) is 22.7 Å². The molecule has 1 N–H and O–H groups in total. The van der Waals surface area contributed by atoms with Crippen molar-refractivity contribution in [3.63, 3.8) is 0 Å². The Hall–Kier alpha value is -0.640. The average molecular weight is 237 g/mol. The molecule has 0 atom stereocenters. The lowest BCUT2D eigenvalue weighted by molar-refractivity contribution is 0.657. The molecular formula is C12H15NS2. The van der Waals surface area contributed by atoms with Gasteiger partial charge in [-0.2, -0.15) is 0 Å². The molecule has 3 heteroatoms. The highest BCUT2D eigenvalue weighted by molar-refractivity contribution is 7.10. The maximum Gasteiger partial charge on any atom is 0.0299 e. The molecule has 0 saturated carbocycles. The summed E-state index contributed by atoms with van der Waals surface area (Å²) in [4.78, 5) is 2.92. The first-order chi connectivity index (χ1) is 7.45. The van der Waals surface area contributed by atoms with Crippen molar-refractivity contribution in [2.45, 2.75) is 19.4 Å². The van der Waals surface area contributed by atoms with Gasteiger partial charge in [0.25, 0.3) is 0 Å². The molecule has 0 aliphatic rings. The summed E-state index contributed by atoms with van der Waals surface area (Å²) in [5.41, 5.74) is 0. The molecule has 80 valence electrons. The molecular weight excluding hydrogens is 222 g/mol. The normalized spacial score (nSPS) is 10.7. The predicted octanol–water partition coefficient (Wildman–Crippen LogP) is 3.53. The molecule has 0 radical (unpaired) electrons. The van der Waals surface area contributed by atoms with E-state index in [4.69, 9.17) is 0 Å². The van der Waals surface area contributed by atoms with Gasteiger partial charge >= 0.3 is 0 Å². The van der Waals surface area contributed by atoms with E-state index < -0.39 is 0 Å². The zero-order valence-electron chi connectivity index (χ0n) is 8.61. The molecule has 2 aromatic heterocycles. The minimum absolute atomic E-state index is 1.02. The van der Waals surface area contributed by atoms with Gasteiger partial charge in [-0.05, 0) is 42.3 Å². The first-order valence-electron chi connectivity index (χ1n) is 5.20. The van der Waals surface area contributed by atoms with Gasteiger partial charge in [0.15, 0.2) is 0 Å². The van der Waals surface area contributed by atoms with Crippen LogP contribution in [0.5, 0.6) is 0 Å². The second-order valence-electron chi connectivity index (χ2n) is 3.44. The highest BCUT2D eigenvalue weighted by atomic mass is 32.1. The van der Waals surface area contributed by atoms with E-state index in [1.165, 1.54) is 22.6 Å². The standard InChI is InChI=1S/C12H15NS2/c1(4-11-5-2-8-14-11)7-13-10-12-6-3-9-15-12/h2-3,5-6,8-9,13H,1,4,7,10H2. The Labute approximate surface area is 98.8 Å². The van der Waals surface area contributed by atoms with Crippen molar-refractivity contribution >= 4 is 22.7 Å². The minimum Gasteiger partial charge on any atom is -0.312 e. The largest absolute Gasteiger partial charge is 0.312 e. The molecule has 1 nitrogen and oxygen atoms in total. The summed E-state index contributed by atoms with van der Waals surface area (Å²) in [7, 11) is 0. The summed E-state index contributed by atoms with van der Waals surface area (Å²) in [6.07, 6.45) is 2.43. The molecule has 0 aromatic carbocycles. The Bertz CT molecular complexity index is 315. The van der Waals surface area contributed by atoms with Gasteiger partial charge in [0.05, 0.1) is 0 Å². The van der Waals surface area contributed by atoms with Crippen molar-refractivity contribution in [2.75, 3.05) is 6.54 Å². The third kappa shape index (κ3) is 3.78. The fourth-order valence-corrected chi connectivity index (χ4v) is 2.89. The summed E-state index contributed by atoms with van der Waals surface area (Å²) >= 11 is 3.67. The zero-order valence-corrected chi connectivity index (χ0v) is 10.2. The zero-order chi connectivity index (χ0) is 10.3. The van der Waals surface area contributed by atoms with Gasteiger partial charge in [0.1, 0.15) is 0 Å². The van der Waals surface area contributed by atoms with Gasteiger partial charge in [-0.1, -0.05) is 12.1 Å². The average Bonchev–Trinajstić information content (AvgIpc) is 2.88. The van der Waals surface area contributed by atoms with Crippen molar-refractivity contribution in [2.24, 2.45) is 0 Å². The molecule has 0 saturated heterocycles. The van der Waals surface area contributed by atoms with Crippen LogP contribution in [0.15, 0.2) is 35.0 Å². The highest BCUT2D eigenvalue weighted by Crippen LogP contribution is 2.10. The van der Waals surface area contributed by atoms with E-state index in [2.05, 4.69) is 40.3 Å². The quantitative estimate of drug-likeness (QED) is 0.758. The SMILES string of the molecule is c1csc(CCCNCc2cccs2)c1. The van der Waals surface area contributed by atoms with Gasteiger partial charge in [-0.25, -0.2) is 0 Å². The van der Waals surface area contributed by atoms with Crippen LogP contribution in [-0.4, -0.2) is 6.54 Å². The Balaban J connectivity index is 1.56.